The zero-order valence-corrected chi connectivity index (χ0v) is 19.9. The Hall–Kier alpha value is -4.36. The van der Waals surface area contributed by atoms with Gasteiger partial charge in [0.1, 0.15) is 17.9 Å². The number of hydrogen-bond donors (Lipinski definition) is 0. The first kappa shape index (κ1) is 23.4. The molecule has 1 saturated heterocycles. The molecule has 0 saturated carbocycles. The average molecular weight is 484 g/mol. The Kier molecular flexibility index (Phi) is 6.82. The third kappa shape index (κ3) is 5.47. The normalized spacial score (nSPS) is 15.3. The lowest BCUT2D eigenvalue weighted by molar-refractivity contribution is -0.384. The van der Waals surface area contributed by atoms with Gasteiger partial charge in [-0.2, -0.15) is 0 Å². The number of nitro groups is 1. The highest BCUT2D eigenvalue weighted by molar-refractivity contribution is 5.64. The zero-order valence-electron chi connectivity index (χ0n) is 19.9. The van der Waals surface area contributed by atoms with E-state index in [2.05, 4.69) is 32.5 Å². The van der Waals surface area contributed by atoms with Gasteiger partial charge in [-0.05, 0) is 56.0 Å². The fraction of sp³-hybridized carbons (Fsp3) is 0.308. The summed E-state index contributed by atoms with van der Waals surface area (Å²) < 4.78 is 9.31. The number of ether oxygens (including phenoxy) is 1. The second-order valence-electron chi connectivity index (χ2n) is 8.75. The van der Waals surface area contributed by atoms with Crippen LogP contribution in [0.1, 0.15) is 30.4 Å². The van der Waals surface area contributed by atoms with Gasteiger partial charge in [0.2, 0.25) is 0 Å². The molecule has 0 N–H and O–H groups in total. The van der Waals surface area contributed by atoms with Crippen LogP contribution in [0.25, 0.3) is 22.5 Å². The molecular weight excluding hydrogens is 458 g/mol. The van der Waals surface area contributed by atoms with Crippen LogP contribution in [0, 0.1) is 28.9 Å². The third-order valence-corrected chi connectivity index (χ3v) is 6.09. The minimum Gasteiger partial charge on any atom is -0.376 e. The van der Waals surface area contributed by atoms with Gasteiger partial charge in [-0.3, -0.25) is 10.1 Å². The quantitative estimate of drug-likeness (QED) is 0.231. The SMILES string of the molecule is Cc1cc(C#CCn2cc(-c3ccc([N+](=O)[O-])cc3)nn2)ccc1-c1cn(CC2CCCCO2)nn1. The van der Waals surface area contributed by atoms with Gasteiger partial charge < -0.3 is 4.74 Å². The van der Waals surface area contributed by atoms with Crippen molar-refractivity contribution in [3.05, 3.63) is 76.1 Å². The van der Waals surface area contributed by atoms with E-state index < -0.39 is 4.92 Å². The van der Waals surface area contributed by atoms with Gasteiger partial charge in [0.25, 0.3) is 5.69 Å². The van der Waals surface area contributed by atoms with Crippen molar-refractivity contribution in [1.82, 2.24) is 30.0 Å². The molecule has 1 unspecified atom stereocenters. The van der Waals surface area contributed by atoms with Gasteiger partial charge in [-0.1, -0.05) is 28.3 Å². The fourth-order valence-electron chi connectivity index (χ4n) is 4.18. The standard InChI is InChI=1S/C26H25N7O3/c1-19-15-20(7-12-24(19)26-18-32(30-28-26)16-23-6-2-3-14-36-23)5-4-13-31-17-25(27-29-31)21-8-10-22(11-9-21)33(34)35/h7-12,15,17-18,23H,2-3,6,13-14,16H2,1H3. The van der Waals surface area contributed by atoms with E-state index in [4.69, 9.17) is 4.74 Å². The van der Waals surface area contributed by atoms with E-state index >= 15 is 0 Å². The van der Waals surface area contributed by atoms with Gasteiger partial charge in [0.05, 0.1) is 30.0 Å². The highest BCUT2D eigenvalue weighted by Gasteiger charge is 2.16. The van der Waals surface area contributed by atoms with Crippen LogP contribution in [0.4, 0.5) is 5.69 Å². The number of rotatable bonds is 6. The summed E-state index contributed by atoms with van der Waals surface area (Å²) in [7, 11) is 0. The minimum atomic E-state index is -0.429. The molecule has 0 bridgehead atoms. The van der Waals surface area contributed by atoms with Crippen molar-refractivity contribution in [1.29, 1.82) is 0 Å². The first-order valence-corrected chi connectivity index (χ1v) is 11.8. The van der Waals surface area contributed by atoms with E-state index in [1.165, 1.54) is 18.6 Å². The first-order valence-electron chi connectivity index (χ1n) is 11.8. The summed E-state index contributed by atoms with van der Waals surface area (Å²) in [6.07, 6.45) is 7.35. The molecule has 4 aromatic rings. The molecule has 1 fully saturated rings. The van der Waals surface area contributed by atoms with Crippen molar-refractivity contribution in [3.8, 4) is 34.4 Å². The van der Waals surface area contributed by atoms with E-state index in [1.807, 2.05) is 36.0 Å². The summed E-state index contributed by atoms with van der Waals surface area (Å²) in [5.74, 6) is 6.29. The number of non-ortho nitro benzene ring substituents is 1. The summed E-state index contributed by atoms with van der Waals surface area (Å²) in [6, 6.07) is 12.2. The van der Waals surface area contributed by atoms with Gasteiger partial charge in [-0.25, -0.2) is 9.36 Å². The number of aryl methyl sites for hydroxylation is 1. The molecule has 36 heavy (non-hydrogen) atoms. The zero-order chi connectivity index (χ0) is 24.9. The van der Waals surface area contributed by atoms with Crippen molar-refractivity contribution in [3.63, 3.8) is 0 Å². The number of benzene rings is 2. The molecule has 5 rings (SSSR count). The summed E-state index contributed by atoms with van der Waals surface area (Å²) in [5, 5.41) is 27.7. The molecule has 1 aliphatic heterocycles. The number of hydrogen-bond acceptors (Lipinski definition) is 7. The monoisotopic (exact) mass is 483 g/mol. The van der Waals surface area contributed by atoms with E-state index in [-0.39, 0.29) is 11.8 Å². The topological polar surface area (TPSA) is 114 Å². The molecule has 0 radical (unpaired) electrons. The Morgan fingerprint density at radius 1 is 1.06 bits per heavy atom. The predicted octanol–water partition coefficient (Wildman–Crippen LogP) is 4.04. The average Bonchev–Trinajstić information content (AvgIpc) is 3.55. The van der Waals surface area contributed by atoms with E-state index in [1.54, 1.807) is 23.0 Å². The first-order chi connectivity index (χ1) is 17.5. The predicted molar refractivity (Wildman–Crippen MR) is 133 cm³/mol. The molecule has 3 heterocycles. The molecule has 0 amide bonds. The van der Waals surface area contributed by atoms with Gasteiger partial charge in [0.15, 0.2) is 0 Å². The second-order valence-corrected chi connectivity index (χ2v) is 8.75. The lowest BCUT2D eigenvalue weighted by Crippen LogP contribution is -2.24. The Morgan fingerprint density at radius 3 is 2.58 bits per heavy atom. The lowest BCUT2D eigenvalue weighted by Gasteiger charge is -2.21. The fourth-order valence-corrected chi connectivity index (χ4v) is 4.18. The van der Waals surface area contributed by atoms with E-state index in [0.717, 1.165) is 53.9 Å². The molecule has 2 aromatic carbocycles. The molecule has 1 atom stereocenters. The van der Waals surface area contributed by atoms with Gasteiger partial charge in [0, 0.05) is 35.4 Å². The van der Waals surface area contributed by atoms with E-state index in [0.29, 0.717) is 12.2 Å². The Balaban J connectivity index is 1.21. The number of aromatic nitrogens is 6. The molecule has 2 aromatic heterocycles. The van der Waals surface area contributed by atoms with Crippen LogP contribution in [0.5, 0.6) is 0 Å². The molecule has 10 heteroatoms. The molecule has 182 valence electrons. The molecule has 1 aliphatic rings. The Morgan fingerprint density at radius 2 is 1.83 bits per heavy atom. The second kappa shape index (κ2) is 10.5. The van der Waals surface area contributed by atoms with Crippen molar-refractivity contribution < 1.29 is 9.66 Å². The Labute approximate surface area is 208 Å². The maximum absolute atomic E-state index is 10.8. The molecule has 10 nitrogen and oxygen atoms in total. The van der Waals surface area contributed by atoms with Gasteiger partial charge in [-0.15, -0.1) is 10.2 Å². The van der Waals surface area contributed by atoms with Crippen LogP contribution in [0.3, 0.4) is 0 Å². The minimum absolute atomic E-state index is 0.0389. The molecule has 0 spiro atoms. The number of nitrogens with zero attached hydrogens (tertiary/aromatic N) is 7. The van der Waals surface area contributed by atoms with Crippen molar-refractivity contribution in [2.75, 3.05) is 6.61 Å². The van der Waals surface area contributed by atoms with Crippen LogP contribution < -0.4 is 0 Å². The summed E-state index contributed by atoms with van der Waals surface area (Å²) in [4.78, 5) is 10.4. The summed E-state index contributed by atoms with van der Waals surface area (Å²) in [6.45, 7) is 3.96. The van der Waals surface area contributed by atoms with Crippen molar-refractivity contribution in [2.45, 2.75) is 45.4 Å². The summed E-state index contributed by atoms with van der Waals surface area (Å²) >= 11 is 0. The van der Waals surface area contributed by atoms with E-state index in [9.17, 15) is 10.1 Å². The Bertz CT molecular complexity index is 1420. The molecular formula is C26H25N7O3. The third-order valence-electron chi connectivity index (χ3n) is 6.09. The van der Waals surface area contributed by atoms with Crippen LogP contribution >= 0.6 is 0 Å². The smallest absolute Gasteiger partial charge is 0.269 e. The lowest BCUT2D eigenvalue weighted by atomic mass is 10.0. The number of nitro benzene ring substituents is 1. The highest BCUT2D eigenvalue weighted by atomic mass is 16.6. The largest absolute Gasteiger partial charge is 0.376 e. The van der Waals surface area contributed by atoms with Crippen LogP contribution in [0.15, 0.2) is 54.9 Å². The van der Waals surface area contributed by atoms with Crippen molar-refractivity contribution >= 4 is 5.69 Å². The maximum atomic E-state index is 10.8. The van der Waals surface area contributed by atoms with Crippen LogP contribution in [-0.4, -0.2) is 47.6 Å². The molecule has 0 aliphatic carbocycles. The highest BCUT2D eigenvalue weighted by Crippen LogP contribution is 2.23. The van der Waals surface area contributed by atoms with Crippen LogP contribution in [0.2, 0.25) is 0 Å². The van der Waals surface area contributed by atoms with Gasteiger partial charge >= 0.3 is 0 Å². The summed E-state index contributed by atoms with van der Waals surface area (Å²) in [5.41, 5.74) is 5.27. The van der Waals surface area contributed by atoms with Crippen LogP contribution in [-0.2, 0) is 17.8 Å². The van der Waals surface area contributed by atoms with Crippen molar-refractivity contribution in [2.24, 2.45) is 0 Å². The maximum Gasteiger partial charge on any atom is 0.269 e.